The van der Waals surface area contributed by atoms with Gasteiger partial charge in [-0.05, 0) is 52.3 Å². The van der Waals surface area contributed by atoms with Crippen LogP contribution in [0.3, 0.4) is 0 Å². The van der Waals surface area contributed by atoms with Gasteiger partial charge in [0.25, 0.3) is 0 Å². The first-order valence-corrected chi connectivity index (χ1v) is 9.77. The van der Waals surface area contributed by atoms with Crippen LogP contribution in [0.1, 0.15) is 19.4 Å². The van der Waals surface area contributed by atoms with E-state index >= 15 is 0 Å². The van der Waals surface area contributed by atoms with Gasteiger partial charge in [-0.1, -0.05) is 68.4 Å². The zero-order valence-corrected chi connectivity index (χ0v) is 15.8. The monoisotopic (exact) mass is 353 g/mol. The minimum absolute atomic E-state index is 0.963. The van der Waals surface area contributed by atoms with Crippen molar-refractivity contribution in [2.75, 3.05) is 13.1 Å². The summed E-state index contributed by atoms with van der Waals surface area (Å²) in [5.41, 5.74) is 3.31. The summed E-state index contributed by atoms with van der Waals surface area (Å²) in [7, 11) is 0. The van der Waals surface area contributed by atoms with E-state index in [1.165, 1.54) is 37.9 Å². The molecule has 0 saturated heterocycles. The molecule has 5 aromatic rings. The van der Waals surface area contributed by atoms with E-state index < -0.39 is 0 Å². The molecule has 4 aromatic carbocycles. The average molecular weight is 353 g/mol. The summed E-state index contributed by atoms with van der Waals surface area (Å²) in [4.78, 5) is 2.46. The Kier molecular flexibility index (Phi) is 3.87. The van der Waals surface area contributed by atoms with Crippen LogP contribution < -0.4 is 0 Å². The zero-order valence-electron chi connectivity index (χ0n) is 15.8. The first-order valence-electron chi connectivity index (χ1n) is 9.77. The second-order valence-electron chi connectivity index (χ2n) is 7.17. The summed E-state index contributed by atoms with van der Waals surface area (Å²) in [6.45, 7) is 7.56. The Hall–Kier alpha value is -2.84. The molecule has 0 saturated carbocycles. The highest BCUT2D eigenvalue weighted by molar-refractivity contribution is 6.26. The predicted molar refractivity (Wildman–Crippen MR) is 115 cm³/mol. The van der Waals surface area contributed by atoms with E-state index in [1.807, 2.05) is 0 Å². The normalized spacial score (nSPS) is 12.1. The highest BCUT2D eigenvalue weighted by Gasteiger charge is 2.15. The van der Waals surface area contributed by atoms with Crippen LogP contribution in [0.5, 0.6) is 0 Å². The summed E-state index contributed by atoms with van der Waals surface area (Å²) < 4.78 is 6.22. The van der Waals surface area contributed by atoms with Crippen molar-refractivity contribution < 1.29 is 4.42 Å². The van der Waals surface area contributed by atoms with Crippen molar-refractivity contribution in [3.8, 4) is 0 Å². The molecule has 0 N–H and O–H groups in total. The largest absolute Gasteiger partial charge is 0.456 e. The minimum Gasteiger partial charge on any atom is -0.456 e. The van der Waals surface area contributed by atoms with Crippen molar-refractivity contribution in [3.63, 3.8) is 0 Å². The summed E-state index contributed by atoms with van der Waals surface area (Å²) >= 11 is 0. The Morgan fingerprint density at radius 2 is 1.37 bits per heavy atom. The van der Waals surface area contributed by atoms with Crippen molar-refractivity contribution in [1.82, 2.24) is 4.90 Å². The maximum absolute atomic E-state index is 6.22. The van der Waals surface area contributed by atoms with Gasteiger partial charge in [-0.3, -0.25) is 4.90 Å². The highest BCUT2D eigenvalue weighted by Crippen LogP contribution is 2.39. The summed E-state index contributed by atoms with van der Waals surface area (Å²) in [6, 6.07) is 23.9. The lowest BCUT2D eigenvalue weighted by Crippen LogP contribution is -2.22. The van der Waals surface area contributed by atoms with E-state index in [0.717, 1.165) is 30.8 Å². The zero-order chi connectivity index (χ0) is 18.4. The van der Waals surface area contributed by atoms with Gasteiger partial charge >= 0.3 is 0 Å². The van der Waals surface area contributed by atoms with Gasteiger partial charge in [-0.2, -0.15) is 0 Å². The van der Waals surface area contributed by atoms with Crippen LogP contribution in [0.2, 0.25) is 0 Å². The Labute approximate surface area is 159 Å². The average Bonchev–Trinajstić information content (AvgIpc) is 3.11. The number of benzene rings is 4. The molecule has 2 nitrogen and oxygen atoms in total. The van der Waals surface area contributed by atoms with Crippen LogP contribution in [-0.4, -0.2) is 18.0 Å². The van der Waals surface area contributed by atoms with Crippen molar-refractivity contribution in [3.05, 3.63) is 72.3 Å². The number of furan rings is 1. The molecule has 0 fully saturated rings. The molecule has 0 radical (unpaired) electrons. The molecule has 0 aliphatic heterocycles. The molecular formula is C25H23NO. The summed E-state index contributed by atoms with van der Waals surface area (Å²) in [6.07, 6.45) is 0. The van der Waals surface area contributed by atoms with Gasteiger partial charge in [0, 0.05) is 17.3 Å². The molecule has 0 atom stereocenters. The van der Waals surface area contributed by atoms with Gasteiger partial charge in [-0.25, -0.2) is 0 Å². The third kappa shape index (κ3) is 2.52. The molecule has 134 valence electrons. The smallest absolute Gasteiger partial charge is 0.136 e. The molecule has 1 aromatic heterocycles. The number of hydrogen-bond acceptors (Lipinski definition) is 2. The topological polar surface area (TPSA) is 16.4 Å². The van der Waals surface area contributed by atoms with Gasteiger partial charge in [0.2, 0.25) is 0 Å². The molecule has 0 aliphatic carbocycles. The molecule has 0 unspecified atom stereocenters. The van der Waals surface area contributed by atoms with Crippen LogP contribution in [0.15, 0.2) is 71.1 Å². The number of hydrogen-bond donors (Lipinski definition) is 0. The first kappa shape index (κ1) is 16.3. The SMILES string of the molecule is CCN(CC)Cc1cccc2c1ccc1oc3ccc4ccccc4c3c12. The predicted octanol–water partition coefficient (Wildman–Crippen LogP) is 6.73. The molecule has 2 heteroatoms. The van der Waals surface area contributed by atoms with E-state index in [-0.39, 0.29) is 0 Å². The van der Waals surface area contributed by atoms with Crippen molar-refractivity contribution in [2.24, 2.45) is 0 Å². The second kappa shape index (κ2) is 6.40. The molecule has 0 spiro atoms. The van der Waals surface area contributed by atoms with Crippen LogP contribution in [-0.2, 0) is 6.54 Å². The standard InChI is InChI=1S/C25H23NO/c1-3-26(4-2)16-18-9-7-11-21-19(18)13-15-23-25(21)24-20-10-6-5-8-17(20)12-14-22(24)27-23/h5-15H,3-4,16H2,1-2H3. The van der Waals surface area contributed by atoms with Crippen molar-refractivity contribution in [2.45, 2.75) is 20.4 Å². The molecule has 5 rings (SSSR count). The van der Waals surface area contributed by atoms with Crippen LogP contribution in [0, 0.1) is 0 Å². The van der Waals surface area contributed by atoms with Crippen LogP contribution in [0.4, 0.5) is 0 Å². The quantitative estimate of drug-likeness (QED) is 0.356. The van der Waals surface area contributed by atoms with Gasteiger partial charge in [-0.15, -0.1) is 0 Å². The highest BCUT2D eigenvalue weighted by atomic mass is 16.3. The fraction of sp³-hybridized carbons (Fsp3) is 0.200. The van der Waals surface area contributed by atoms with Crippen molar-refractivity contribution in [1.29, 1.82) is 0 Å². The molecule has 0 bridgehead atoms. The van der Waals surface area contributed by atoms with E-state index in [1.54, 1.807) is 0 Å². The van der Waals surface area contributed by atoms with E-state index in [0.29, 0.717) is 0 Å². The molecule has 0 aliphatic rings. The lowest BCUT2D eigenvalue weighted by atomic mass is 9.97. The summed E-state index contributed by atoms with van der Waals surface area (Å²) in [5.74, 6) is 0. The maximum Gasteiger partial charge on any atom is 0.136 e. The minimum atomic E-state index is 0.963. The fourth-order valence-electron chi connectivity index (χ4n) is 4.28. The Morgan fingerprint density at radius 3 is 2.19 bits per heavy atom. The Bertz CT molecular complexity index is 1280. The lowest BCUT2D eigenvalue weighted by molar-refractivity contribution is 0.297. The molecule has 27 heavy (non-hydrogen) atoms. The van der Waals surface area contributed by atoms with Crippen LogP contribution >= 0.6 is 0 Å². The molecule has 0 amide bonds. The fourth-order valence-corrected chi connectivity index (χ4v) is 4.28. The Balaban J connectivity index is 1.87. The first-order chi connectivity index (χ1) is 13.3. The van der Waals surface area contributed by atoms with Crippen molar-refractivity contribution >= 4 is 43.5 Å². The number of nitrogens with zero attached hydrogens (tertiary/aromatic N) is 1. The summed E-state index contributed by atoms with van der Waals surface area (Å²) in [5, 5.41) is 7.59. The number of fused-ring (bicyclic) bond motifs is 7. The third-order valence-electron chi connectivity index (χ3n) is 5.76. The third-order valence-corrected chi connectivity index (χ3v) is 5.76. The molecule has 1 heterocycles. The number of rotatable bonds is 4. The van der Waals surface area contributed by atoms with E-state index in [2.05, 4.69) is 85.5 Å². The van der Waals surface area contributed by atoms with Gasteiger partial charge in [0.15, 0.2) is 0 Å². The van der Waals surface area contributed by atoms with Gasteiger partial charge in [0.1, 0.15) is 11.2 Å². The van der Waals surface area contributed by atoms with Crippen LogP contribution in [0.25, 0.3) is 43.5 Å². The maximum atomic E-state index is 6.22. The van der Waals surface area contributed by atoms with Gasteiger partial charge in [0.05, 0.1) is 0 Å². The molecular weight excluding hydrogens is 330 g/mol. The second-order valence-corrected chi connectivity index (χ2v) is 7.17. The Morgan fingerprint density at radius 1 is 0.667 bits per heavy atom. The van der Waals surface area contributed by atoms with E-state index in [9.17, 15) is 0 Å². The lowest BCUT2D eigenvalue weighted by Gasteiger charge is -2.19. The van der Waals surface area contributed by atoms with Gasteiger partial charge < -0.3 is 4.42 Å². The van der Waals surface area contributed by atoms with E-state index in [4.69, 9.17) is 4.42 Å².